The van der Waals surface area contributed by atoms with E-state index in [0.717, 1.165) is 17.3 Å². The standard InChI is InChI=1S/C7H8BrNS/c8-5-3-6(10-4-5)7(9)1-2-7/h3-4H,1-2,9H2. The molecule has 1 saturated carbocycles. The van der Waals surface area contributed by atoms with Gasteiger partial charge in [0.25, 0.3) is 0 Å². The van der Waals surface area contributed by atoms with Gasteiger partial charge in [0, 0.05) is 14.7 Å². The third kappa shape index (κ3) is 1.02. The molecule has 1 aromatic rings. The first-order chi connectivity index (χ1) is 4.71. The minimum absolute atomic E-state index is 0.0523. The molecule has 0 atom stereocenters. The largest absolute Gasteiger partial charge is 0.321 e. The Morgan fingerprint density at radius 2 is 2.30 bits per heavy atom. The van der Waals surface area contributed by atoms with Gasteiger partial charge in [0.15, 0.2) is 0 Å². The minimum atomic E-state index is 0.0523. The SMILES string of the molecule is NC1(c2cc(Br)cs2)CC1. The fourth-order valence-corrected chi connectivity index (χ4v) is 2.56. The Hall–Kier alpha value is 0.140. The highest BCUT2D eigenvalue weighted by molar-refractivity contribution is 9.10. The molecule has 0 saturated heterocycles. The monoisotopic (exact) mass is 217 g/mol. The Kier molecular flexibility index (Phi) is 1.41. The van der Waals surface area contributed by atoms with Gasteiger partial charge in [-0.3, -0.25) is 0 Å². The van der Waals surface area contributed by atoms with Crippen molar-refractivity contribution in [3.8, 4) is 0 Å². The van der Waals surface area contributed by atoms with Gasteiger partial charge in [-0.25, -0.2) is 0 Å². The van der Waals surface area contributed by atoms with E-state index in [9.17, 15) is 0 Å². The lowest BCUT2D eigenvalue weighted by molar-refractivity contribution is 0.758. The number of hydrogen-bond acceptors (Lipinski definition) is 2. The van der Waals surface area contributed by atoms with E-state index >= 15 is 0 Å². The highest BCUT2D eigenvalue weighted by atomic mass is 79.9. The van der Waals surface area contributed by atoms with Crippen molar-refractivity contribution in [2.75, 3.05) is 0 Å². The number of halogens is 1. The quantitative estimate of drug-likeness (QED) is 0.769. The van der Waals surface area contributed by atoms with Crippen molar-refractivity contribution in [2.24, 2.45) is 5.73 Å². The molecular formula is C7H8BrNS. The summed E-state index contributed by atoms with van der Waals surface area (Å²) < 4.78 is 1.16. The predicted octanol–water partition coefficient (Wildman–Crippen LogP) is 2.46. The van der Waals surface area contributed by atoms with Gasteiger partial charge < -0.3 is 5.73 Å². The van der Waals surface area contributed by atoms with Crippen LogP contribution in [0, 0.1) is 0 Å². The van der Waals surface area contributed by atoms with E-state index < -0.39 is 0 Å². The lowest BCUT2D eigenvalue weighted by atomic mass is 10.2. The lowest BCUT2D eigenvalue weighted by Gasteiger charge is -2.01. The summed E-state index contributed by atoms with van der Waals surface area (Å²) in [7, 11) is 0. The summed E-state index contributed by atoms with van der Waals surface area (Å²) >= 11 is 5.15. The van der Waals surface area contributed by atoms with Gasteiger partial charge in [-0.2, -0.15) is 0 Å². The first kappa shape index (κ1) is 6.83. The Bertz CT molecular complexity index is 252. The van der Waals surface area contributed by atoms with Crippen molar-refractivity contribution in [1.82, 2.24) is 0 Å². The molecule has 0 unspecified atom stereocenters. The third-order valence-corrected chi connectivity index (χ3v) is 3.76. The first-order valence-electron chi connectivity index (χ1n) is 3.24. The normalized spacial score (nSPS) is 21.0. The van der Waals surface area contributed by atoms with Crippen molar-refractivity contribution in [1.29, 1.82) is 0 Å². The fraction of sp³-hybridized carbons (Fsp3) is 0.429. The van der Waals surface area contributed by atoms with E-state index in [-0.39, 0.29) is 5.54 Å². The van der Waals surface area contributed by atoms with Crippen LogP contribution in [0.2, 0.25) is 0 Å². The summed E-state index contributed by atoms with van der Waals surface area (Å²) in [4.78, 5) is 1.32. The molecule has 0 spiro atoms. The Balaban J connectivity index is 2.34. The highest BCUT2D eigenvalue weighted by Gasteiger charge is 2.41. The van der Waals surface area contributed by atoms with Crippen LogP contribution in [0.5, 0.6) is 0 Å². The number of thiophene rings is 1. The van der Waals surface area contributed by atoms with Gasteiger partial charge in [-0.05, 0) is 34.8 Å². The van der Waals surface area contributed by atoms with Crippen molar-refractivity contribution in [3.05, 3.63) is 20.8 Å². The second-order valence-corrected chi connectivity index (χ2v) is 4.61. The van der Waals surface area contributed by atoms with E-state index in [2.05, 4.69) is 27.4 Å². The summed E-state index contributed by atoms with van der Waals surface area (Å²) in [5, 5.41) is 2.09. The highest BCUT2D eigenvalue weighted by Crippen LogP contribution is 2.45. The van der Waals surface area contributed by atoms with E-state index in [1.54, 1.807) is 11.3 Å². The van der Waals surface area contributed by atoms with Crippen LogP contribution in [0.4, 0.5) is 0 Å². The average Bonchev–Trinajstić information content (AvgIpc) is 2.45. The summed E-state index contributed by atoms with van der Waals surface area (Å²) in [6.07, 6.45) is 2.31. The summed E-state index contributed by atoms with van der Waals surface area (Å²) in [6, 6.07) is 2.12. The zero-order chi connectivity index (χ0) is 7.19. The molecule has 0 radical (unpaired) electrons. The number of nitrogens with two attached hydrogens (primary N) is 1. The van der Waals surface area contributed by atoms with Crippen LogP contribution < -0.4 is 5.73 Å². The Morgan fingerprint density at radius 1 is 1.60 bits per heavy atom. The molecule has 1 aliphatic carbocycles. The summed E-state index contributed by atoms with van der Waals surface area (Å²) in [5.74, 6) is 0. The van der Waals surface area contributed by atoms with Gasteiger partial charge >= 0.3 is 0 Å². The maximum absolute atomic E-state index is 5.97. The van der Waals surface area contributed by atoms with E-state index in [0.29, 0.717) is 0 Å². The van der Waals surface area contributed by atoms with Gasteiger partial charge in [-0.15, -0.1) is 11.3 Å². The molecule has 1 fully saturated rings. The fourth-order valence-electron chi connectivity index (χ4n) is 0.955. The molecule has 54 valence electrons. The molecule has 1 aromatic heterocycles. The third-order valence-electron chi connectivity index (χ3n) is 1.85. The van der Waals surface area contributed by atoms with Crippen LogP contribution in [-0.2, 0) is 5.54 Å². The zero-order valence-electron chi connectivity index (χ0n) is 5.43. The van der Waals surface area contributed by atoms with Crippen molar-refractivity contribution in [3.63, 3.8) is 0 Å². The van der Waals surface area contributed by atoms with E-state index in [4.69, 9.17) is 5.73 Å². The smallest absolute Gasteiger partial charge is 0.0505 e. The maximum Gasteiger partial charge on any atom is 0.0505 e. The van der Waals surface area contributed by atoms with Crippen LogP contribution >= 0.6 is 27.3 Å². The molecule has 10 heavy (non-hydrogen) atoms. The topological polar surface area (TPSA) is 26.0 Å². The van der Waals surface area contributed by atoms with Gasteiger partial charge in [0.05, 0.1) is 5.54 Å². The van der Waals surface area contributed by atoms with Crippen LogP contribution in [0.15, 0.2) is 15.9 Å². The zero-order valence-corrected chi connectivity index (χ0v) is 7.83. The lowest BCUT2D eigenvalue weighted by Crippen LogP contribution is -2.16. The molecule has 0 aromatic carbocycles. The van der Waals surface area contributed by atoms with Crippen LogP contribution in [0.1, 0.15) is 17.7 Å². The van der Waals surface area contributed by atoms with E-state index in [1.165, 1.54) is 4.88 Å². The predicted molar refractivity (Wildman–Crippen MR) is 47.1 cm³/mol. The second kappa shape index (κ2) is 2.06. The molecule has 2 N–H and O–H groups in total. The second-order valence-electron chi connectivity index (χ2n) is 2.79. The van der Waals surface area contributed by atoms with Crippen LogP contribution in [0.25, 0.3) is 0 Å². The number of rotatable bonds is 1. The van der Waals surface area contributed by atoms with Gasteiger partial charge in [0.1, 0.15) is 0 Å². The van der Waals surface area contributed by atoms with Gasteiger partial charge in [-0.1, -0.05) is 0 Å². The van der Waals surface area contributed by atoms with Crippen molar-refractivity contribution >= 4 is 27.3 Å². The Labute approximate surface area is 72.4 Å². The first-order valence-corrected chi connectivity index (χ1v) is 4.91. The van der Waals surface area contributed by atoms with Crippen molar-refractivity contribution in [2.45, 2.75) is 18.4 Å². The minimum Gasteiger partial charge on any atom is -0.321 e. The molecule has 1 nitrogen and oxygen atoms in total. The average molecular weight is 218 g/mol. The van der Waals surface area contributed by atoms with Crippen molar-refractivity contribution < 1.29 is 0 Å². The molecule has 0 amide bonds. The van der Waals surface area contributed by atoms with Gasteiger partial charge in [0.2, 0.25) is 0 Å². The molecular weight excluding hydrogens is 210 g/mol. The molecule has 3 heteroatoms. The summed E-state index contributed by atoms with van der Waals surface area (Å²) in [5.41, 5.74) is 6.02. The number of hydrogen-bond donors (Lipinski definition) is 1. The van der Waals surface area contributed by atoms with E-state index in [1.807, 2.05) is 0 Å². The maximum atomic E-state index is 5.97. The molecule has 0 aliphatic heterocycles. The Morgan fingerprint density at radius 3 is 2.70 bits per heavy atom. The van der Waals surface area contributed by atoms with Crippen LogP contribution in [-0.4, -0.2) is 0 Å². The summed E-state index contributed by atoms with van der Waals surface area (Å²) in [6.45, 7) is 0. The molecule has 2 rings (SSSR count). The van der Waals surface area contributed by atoms with Crippen LogP contribution in [0.3, 0.4) is 0 Å². The molecule has 1 aliphatic rings. The molecule has 1 heterocycles. The molecule has 0 bridgehead atoms.